The van der Waals surface area contributed by atoms with E-state index >= 15 is 0 Å². The minimum Gasteiger partial charge on any atom is -0.324 e. The lowest BCUT2D eigenvalue weighted by atomic mass is 10.4. The highest BCUT2D eigenvalue weighted by Crippen LogP contribution is 2.17. The Labute approximate surface area is 101 Å². The van der Waals surface area contributed by atoms with Crippen molar-refractivity contribution in [3.8, 4) is 11.8 Å². The molecule has 0 saturated carbocycles. The van der Waals surface area contributed by atoms with Gasteiger partial charge in [0.25, 0.3) is 0 Å². The molecule has 16 heavy (non-hydrogen) atoms. The van der Waals surface area contributed by atoms with Gasteiger partial charge in [0, 0.05) is 18.7 Å². The molecule has 0 aliphatic heterocycles. The van der Waals surface area contributed by atoms with Gasteiger partial charge in [0.15, 0.2) is 5.16 Å². The third-order valence-corrected chi connectivity index (χ3v) is 3.03. The van der Waals surface area contributed by atoms with Gasteiger partial charge >= 0.3 is 0 Å². The first kappa shape index (κ1) is 13.1. The van der Waals surface area contributed by atoms with Crippen molar-refractivity contribution in [1.29, 1.82) is 0 Å². The fourth-order valence-electron chi connectivity index (χ4n) is 1.34. The van der Waals surface area contributed by atoms with Gasteiger partial charge < -0.3 is 10.3 Å². The van der Waals surface area contributed by atoms with Crippen molar-refractivity contribution in [2.75, 3.05) is 5.75 Å². The lowest BCUT2D eigenvalue weighted by Gasteiger charge is -2.06. The molecule has 1 rings (SSSR count). The maximum Gasteiger partial charge on any atom is 0.191 e. The molecule has 0 aromatic carbocycles. The molecule has 5 heteroatoms. The SMILES string of the molecule is CC#CCCSc1nnc(CN)n1CCC. The van der Waals surface area contributed by atoms with Crippen LogP contribution in [-0.2, 0) is 13.1 Å². The van der Waals surface area contributed by atoms with Gasteiger partial charge in [0.1, 0.15) is 5.82 Å². The number of thioether (sulfide) groups is 1. The molecular formula is C11H18N4S. The molecule has 0 radical (unpaired) electrons. The standard InChI is InChI=1S/C11H18N4S/c1-3-5-6-8-16-11-14-13-10(9-12)15(11)7-4-2/h4,6-9,12H2,1-2H3. The summed E-state index contributed by atoms with van der Waals surface area (Å²) in [6.07, 6.45) is 1.95. The second kappa shape index (κ2) is 7.31. The van der Waals surface area contributed by atoms with Crippen LogP contribution in [0.3, 0.4) is 0 Å². The fraction of sp³-hybridized carbons (Fsp3) is 0.636. The summed E-state index contributed by atoms with van der Waals surface area (Å²) in [5.74, 6) is 7.74. The summed E-state index contributed by atoms with van der Waals surface area (Å²) in [7, 11) is 0. The van der Waals surface area contributed by atoms with Crippen LogP contribution in [0.2, 0.25) is 0 Å². The van der Waals surface area contributed by atoms with E-state index in [0.29, 0.717) is 6.54 Å². The second-order valence-electron chi connectivity index (χ2n) is 3.28. The number of hydrogen-bond acceptors (Lipinski definition) is 4. The average Bonchev–Trinajstić information content (AvgIpc) is 2.68. The molecule has 2 N–H and O–H groups in total. The molecule has 0 bridgehead atoms. The zero-order valence-electron chi connectivity index (χ0n) is 9.86. The molecule has 88 valence electrons. The van der Waals surface area contributed by atoms with E-state index < -0.39 is 0 Å². The molecular weight excluding hydrogens is 220 g/mol. The predicted molar refractivity (Wildman–Crippen MR) is 67.0 cm³/mol. The van der Waals surface area contributed by atoms with Crippen molar-refractivity contribution in [1.82, 2.24) is 14.8 Å². The molecule has 0 saturated heterocycles. The zero-order chi connectivity index (χ0) is 11.8. The van der Waals surface area contributed by atoms with Crippen LogP contribution in [-0.4, -0.2) is 20.5 Å². The Morgan fingerprint density at radius 2 is 2.25 bits per heavy atom. The van der Waals surface area contributed by atoms with Crippen molar-refractivity contribution in [2.45, 2.75) is 44.9 Å². The molecule has 4 nitrogen and oxygen atoms in total. The summed E-state index contributed by atoms with van der Waals surface area (Å²) in [5, 5.41) is 9.19. The van der Waals surface area contributed by atoms with Crippen LogP contribution >= 0.6 is 11.8 Å². The summed E-state index contributed by atoms with van der Waals surface area (Å²) in [5.41, 5.74) is 5.62. The predicted octanol–water partition coefficient (Wildman–Crippen LogP) is 1.65. The van der Waals surface area contributed by atoms with E-state index in [0.717, 1.165) is 36.1 Å². The van der Waals surface area contributed by atoms with E-state index in [9.17, 15) is 0 Å². The monoisotopic (exact) mass is 238 g/mol. The Hall–Kier alpha value is -0.990. The lowest BCUT2D eigenvalue weighted by molar-refractivity contribution is 0.592. The topological polar surface area (TPSA) is 56.7 Å². The van der Waals surface area contributed by atoms with Crippen LogP contribution in [0.25, 0.3) is 0 Å². The molecule has 0 fully saturated rings. The number of aromatic nitrogens is 3. The van der Waals surface area contributed by atoms with Crippen LogP contribution in [0.1, 0.15) is 32.5 Å². The molecule has 1 aromatic heterocycles. The maximum atomic E-state index is 5.62. The molecule has 0 spiro atoms. The van der Waals surface area contributed by atoms with Crippen LogP contribution < -0.4 is 5.73 Å². The number of nitrogens with two attached hydrogens (primary N) is 1. The first-order valence-electron chi connectivity index (χ1n) is 5.48. The maximum absolute atomic E-state index is 5.62. The van der Waals surface area contributed by atoms with E-state index in [1.165, 1.54) is 0 Å². The normalized spacial score (nSPS) is 9.94. The summed E-state index contributed by atoms with van der Waals surface area (Å²) in [4.78, 5) is 0. The highest BCUT2D eigenvalue weighted by Gasteiger charge is 2.09. The van der Waals surface area contributed by atoms with Gasteiger partial charge in [0.05, 0.1) is 6.54 Å². The first-order valence-corrected chi connectivity index (χ1v) is 6.46. The summed E-state index contributed by atoms with van der Waals surface area (Å²) < 4.78 is 2.10. The summed E-state index contributed by atoms with van der Waals surface area (Å²) in [6.45, 7) is 5.37. The Balaban J connectivity index is 2.62. The Morgan fingerprint density at radius 1 is 1.44 bits per heavy atom. The summed E-state index contributed by atoms with van der Waals surface area (Å²) >= 11 is 1.69. The number of nitrogens with zero attached hydrogens (tertiary/aromatic N) is 3. The van der Waals surface area contributed by atoms with Crippen molar-refractivity contribution in [3.05, 3.63) is 5.82 Å². The number of hydrogen-bond donors (Lipinski definition) is 1. The quantitative estimate of drug-likeness (QED) is 0.465. The largest absolute Gasteiger partial charge is 0.324 e. The smallest absolute Gasteiger partial charge is 0.191 e. The van der Waals surface area contributed by atoms with Gasteiger partial charge in [-0.1, -0.05) is 18.7 Å². The van der Waals surface area contributed by atoms with E-state index in [4.69, 9.17) is 5.73 Å². The van der Waals surface area contributed by atoms with Gasteiger partial charge in [-0.3, -0.25) is 0 Å². The minimum atomic E-state index is 0.447. The van der Waals surface area contributed by atoms with Crippen molar-refractivity contribution >= 4 is 11.8 Å². The van der Waals surface area contributed by atoms with Crippen molar-refractivity contribution < 1.29 is 0 Å². The van der Waals surface area contributed by atoms with E-state index in [1.807, 2.05) is 6.92 Å². The fourth-order valence-corrected chi connectivity index (χ4v) is 2.18. The third kappa shape index (κ3) is 3.54. The van der Waals surface area contributed by atoms with Gasteiger partial charge in [-0.2, -0.15) is 0 Å². The van der Waals surface area contributed by atoms with Crippen molar-refractivity contribution in [2.24, 2.45) is 5.73 Å². The third-order valence-electron chi connectivity index (χ3n) is 2.06. The van der Waals surface area contributed by atoms with Gasteiger partial charge in [-0.05, 0) is 13.3 Å². The molecule has 0 amide bonds. The van der Waals surface area contributed by atoms with E-state index in [2.05, 4.69) is 33.5 Å². The van der Waals surface area contributed by atoms with Crippen LogP contribution in [0.4, 0.5) is 0 Å². The Kier molecular flexibility index (Phi) is 5.98. The Bertz CT molecular complexity index is 375. The molecule has 1 aromatic rings. The summed E-state index contributed by atoms with van der Waals surface area (Å²) in [6, 6.07) is 0. The molecule has 0 unspecified atom stereocenters. The molecule has 0 aliphatic rings. The molecule has 0 atom stereocenters. The van der Waals surface area contributed by atoms with Gasteiger partial charge in [-0.25, -0.2) is 0 Å². The van der Waals surface area contributed by atoms with E-state index in [-0.39, 0.29) is 0 Å². The number of rotatable bonds is 6. The minimum absolute atomic E-state index is 0.447. The second-order valence-corrected chi connectivity index (χ2v) is 4.34. The van der Waals surface area contributed by atoms with Gasteiger partial charge in [-0.15, -0.1) is 22.0 Å². The van der Waals surface area contributed by atoms with Crippen molar-refractivity contribution in [3.63, 3.8) is 0 Å². The lowest BCUT2D eigenvalue weighted by Crippen LogP contribution is -2.09. The van der Waals surface area contributed by atoms with Crippen LogP contribution in [0, 0.1) is 11.8 Å². The highest BCUT2D eigenvalue weighted by molar-refractivity contribution is 7.99. The highest BCUT2D eigenvalue weighted by atomic mass is 32.2. The van der Waals surface area contributed by atoms with Crippen LogP contribution in [0.5, 0.6) is 0 Å². The van der Waals surface area contributed by atoms with E-state index in [1.54, 1.807) is 11.8 Å². The molecule has 0 aliphatic carbocycles. The first-order chi connectivity index (χ1) is 7.83. The Morgan fingerprint density at radius 3 is 2.88 bits per heavy atom. The zero-order valence-corrected chi connectivity index (χ0v) is 10.7. The van der Waals surface area contributed by atoms with Gasteiger partial charge in [0.2, 0.25) is 0 Å². The molecule has 1 heterocycles. The average molecular weight is 238 g/mol. The van der Waals surface area contributed by atoms with Crippen LogP contribution in [0.15, 0.2) is 5.16 Å².